The molecule has 12 heavy (non-hydrogen) atoms. The summed E-state index contributed by atoms with van der Waals surface area (Å²) in [5.41, 5.74) is 0. The molecule has 0 saturated heterocycles. The van der Waals surface area contributed by atoms with Crippen LogP contribution in [0.15, 0.2) is 0 Å². The van der Waals surface area contributed by atoms with E-state index in [1.54, 1.807) is 7.11 Å². The Balaban J connectivity index is 2.97. The van der Waals surface area contributed by atoms with Crippen molar-refractivity contribution >= 4 is 0 Å². The van der Waals surface area contributed by atoms with Crippen LogP contribution >= 0.6 is 0 Å². The zero-order chi connectivity index (χ0) is 9.23. The van der Waals surface area contributed by atoms with Gasteiger partial charge >= 0.3 is 0 Å². The fourth-order valence-electron chi connectivity index (χ4n) is 0.863. The third kappa shape index (κ3) is 7.94. The van der Waals surface area contributed by atoms with Gasteiger partial charge in [-0.1, -0.05) is 0 Å². The van der Waals surface area contributed by atoms with Gasteiger partial charge < -0.3 is 19.7 Å². The lowest BCUT2D eigenvalue weighted by Gasteiger charge is -2.08. The molecule has 0 heterocycles. The van der Waals surface area contributed by atoms with Gasteiger partial charge in [-0.2, -0.15) is 0 Å². The van der Waals surface area contributed by atoms with Gasteiger partial charge in [0.15, 0.2) is 0 Å². The van der Waals surface area contributed by atoms with Crippen molar-refractivity contribution in [2.75, 3.05) is 33.5 Å². The molecule has 0 amide bonds. The summed E-state index contributed by atoms with van der Waals surface area (Å²) in [6.45, 7) is 1.39. The predicted molar refractivity (Wildman–Crippen MR) is 45.0 cm³/mol. The summed E-state index contributed by atoms with van der Waals surface area (Å²) in [6.07, 6.45) is 1.08. The lowest BCUT2D eigenvalue weighted by atomic mass is 10.2. The van der Waals surface area contributed by atoms with Gasteiger partial charge in [0, 0.05) is 13.7 Å². The Hall–Kier alpha value is -0.160. The maximum atomic E-state index is 9.18. The van der Waals surface area contributed by atoms with Crippen LogP contribution in [0.4, 0.5) is 0 Å². The molecular formula is C8H18O4. The second-order valence-corrected chi connectivity index (χ2v) is 2.59. The minimum absolute atomic E-state index is 0.0562. The van der Waals surface area contributed by atoms with E-state index in [0.717, 1.165) is 6.42 Å². The van der Waals surface area contributed by atoms with E-state index in [0.29, 0.717) is 26.2 Å². The topological polar surface area (TPSA) is 58.9 Å². The van der Waals surface area contributed by atoms with Crippen molar-refractivity contribution in [3.8, 4) is 0 Å². The van der Waals surface area contributed by atoms with E-state index < -0.39 is 6.10 Å². The quantitative estimate of drug-likeness (QED) is 0.505. The van der Waals surface area contributed by atoms with Gasteiger partial charge in [0.1, 0.15) is 0 Å². The molecule has 1 unspecified atom stereocenters. The first-order valence-electron chi connectivity index (χ1n) is 4.17. The van der Waals surface area contributed by atoms with Crippen LogP contribution in [-0.4, -0.2) is 49.9 Å². The number of ether oxygens (including phenoxy) is 2. The summed E-state index contributed by atoms with van der Waals surface area (Å²) in [5.74, 6) is 0. The number of aliphatic hydroxyl groups excluding tert-OH is 2. The molecule has 0 radical (unpaired) electrons. The molecule has 0 aromatic carbocycles. The highest BCUT2D eigenvalue weighted by Gasteiger charge is 2.01. The minimum atomic E-state index is -0.396. The van der Waals surface area contributed by atoms with Gasteiger partial charge in [0.2, 0.25) is 0 Å². The largest absolute Gasteiger partial charge is 0.394 e. The summed E-state index contributed by atoms with van der Waals surface area (Å²) >= 11 is 0. The molecule has 0 saturated carbocycles. The van der Waals surface area contributed by atoms with E-state index in [4.69, 9.17) is 14.6 Å². The highest BCUT2D eigenvalue weighted by atomic mass is 16.5. The van der Waals surface area contributed by atoms with Crippen LogP contribution in [0.1, 0.15) is 12.8 Å². The van der Waals surface area contributed by atoms with Crippen LogP contribution in [0.25, 0.3) is 0 Å². The lowest BCUT2D eigenvalue weighted by Crippen LogP contribution is -2.14. The van der Waals surface area contributed by atoms with Gasteiger partial charge in [0.05, 0.1) is 25.9 Å². The fourth-order valence-corrected chi connectivity index (χ4v) is 0.863. The van der Waals surface area contributed by atoms with E-state index >= 15 is 0 Å². The smallest absolute Gasteiger partial charge is 0.0774 e. The standard InChI is InChI=1S/C8H18O4/c1-11-7-8(10)3-2-5-12-6-4-9/h8-10H,2-7H2,1H3. The molecule has 0 bridgehead atoms. The van der Waals surface area contributed by atoms with Gasteiger partial charge in [-0.25, -0.2) is 0 Å². The van der Waals surface area contributed by atoms with Crippen LogP contribution in [0.2, 0.25) is 0 Å². The number of rotatable bonds is 8. The molecule has 0 aromatic heterocycles. The summed E-state index contributed by atoms with van der Waals surface area (Å²) in [5, 5.41) is 17.5. The molecule has 0 aliphatic rings. The molecule has 0 spiro atoms. The molecule has 4 nitrogen and oxygen atoms in total. The Bertz CT molecular complexity index is 87.1. The maximum Gasteiger partial charge on any atom is 0.0774 e. The van der Waals surface area contributed by atoms with Crippen LogP contribution in [0.3, 0.4) is 0 Å². The first-order chi connectivity index (χ1) is 5.81. The minimum Gasteiger partial charge on any atom is -0.394 e. The van der Waals surface area contributed by atoms with Crippen LogP contribution < -0.4 is 0 Å². The zero-order valence-electron chi connectivity index (χ0n) is 7.53. The Kier molecular flexibility index (Phi) is 8.81. The summed E-state index contributed by atoms with van der Waals surface area (Å²) in [4.78, 5) is 0. The molecule has 0 aliphatic heterocycles. The first kappa shape index (κ1) is 11.8. The number of hydrogen-bond donors (Lipinski definition) is 2. The monoisotopic (exact) mass is 178 g/mol. The molecule has 0 rings (SSSR count). The molecule has 74 valence electrons. The average Bonchev–Trinajstić information content (AvgIpc) is 2.05. The number of methoxy groups -OCH3 is 1. The molecule has 1 atom stereocenters. The zero-order valence-corrected chi connectivity index (χ0v) is 7.53. The lowest BCUT2D eigenvalue weighted by molar-refractivity contribution is 0.0440. The van der Waals surface area contributed by atoms with E-state index in [1.165, 1.54) is 0 Å². The number of hydrogen-bond acceptors (Lipinski definition) is 4. The van der Waals surface area contributed by atoms with Crippen molar-refractivity contribution in [3.05, 3.63) is 0 Å². The highest BCUT2D eigenvalue weighted by molar-refractivity contribution is 4.52. The average molecular weight is 178 g/mol. The Labute approximate surface area is 73.1 Å². The number of aliphatic hydroxyl groups is 2. The first-order valence-corrected chi connectivity index (χ1v) is 4.17. The Morgan fingerprint density at radius 3 is 2.67 bits per heavy atom. The summed E-state index contributed by atoms with van der Waals surface area (Å²) < 4.78 is 9.76. The predicted octanol–water partition coefficient (Wildman–Crippen LogP) is -0.217. The highest BCUT2D eigenvalue weighted by Crippen LogP contribution is 1.97. The fraction of sp³-hybridized carbons (Fsp3) is 1.00. The van der Waals surface area contributed by atoms with Crippen LogP contribution in [0.5, 0.6) is 0 Å². The molecule has 0 fully saturated rings. The van der Waals surface area contributed by atoms with Crippen molar-refractivity contribution in [3.63, 3.8) is 0 Å². The Morgan fingerprint density at radius 1 is 1.33 bits per heavy atom. The summed E-state index contributed by atoms with van der Waals surface area (Å²) in [7, 11) is 1.56. The third-order valence-electron chi connectivity index (χ3n) is 1.42. The molecule has 2 N–H and O–H groups in total. The van der Waals surface area contributed by atoms with Gasteiger partial charge in [-0.05, 0) is 12.8 Å². The van der Waals surface area contributed by atoms with Gasteiger partial charge in [-0.15, -0.1) is 0 Å². The van der Waals surface area contributed by atoms with E-state index in [2.05, 4.69) is 0 Å². The van der Waals surface area contributed by atoms with Gasteiger partial charge in [0.25, 0.3) is 0 Å². The Morgan fingerprint density at radius 2 is 2.08 bits per heavy atom. The van der Waals surface area contributed by atoms with E-state index in [-0.39, 0.29) is 6.61 Å². The van der Waals surface area contributed by atoms with Crippen molar-refractivity contribution in [2.45, 2.75) is 18.9 Å². The summed E-state index contributed by atoms with van der Waals surface area (Å²) in [6, 6.07) is 0. The molecular weight excluding hydrogens is 160 g/mol. The van der Waals surface area contributed by atoms with Crippen molar-refractivity contribution < 1.29 is 19.7 Å². The molecule has 0 aliphatic carbocycles. The van der Waals surface area contributed by atoms with E-state index in [9.17, 15) is 5.11 Å². The third-order valence-corrected chi connectivity index (χ3v) is 1.42. The van der Waals surface area contributed by atoms with Crippen LogP contribution in [-0.2, 0) is 9.47 Å². The van der Waals surface area contributed by atoms with Gasteiger partial charge in [-0.3, -0.25) is 0 Å². The normalized spacial score (nSPS) is 13.2. The molecule has 4 heteroatoms. The maximum absolute atomic E-state index is 9.18. The molecule has 0 aromatic rings. The van der Waals surface area contributed by atoms with Crippen LogP contribution in [0, 0.1) is 0 Å². The second-order valence-electron chi connectivity index (χ2n) is 2.59. The SMILES string of the molecule is COCC(O)CCCOCCO. The second kappa shape index (κ2) is 8.93. The van der Waals surface area contributed by atoms with Crippen molar-refractivity contribution in [2.24, 2.45) is 0 Å². The van der Waals surface area contributed by atoms with Crippen molar-refractivity contribution in [1.29, 1.82) is 0 Å². The van der Waals surface area contributed by atoms with E-state index in [1.807, 2.05) is 0 Å². The van der Waals surface area contributed by atoms with Crippen molar-refractivity contribution in [1.82, 2.24) is 0 Å².